The maximum Gasteiger partial charge on any atom is 0.125 e. The fourth-order valence-electron chi connectivity index (χ4n) is 1.90. The fraction of sp³-hybridized carbons (Fsp3) is 0.625. The molecule has 0 saturated heterocycles. The van der Waals surface area contributed by atoms with Gasteiger partial charge in [0.15, 0.2) is 0 Å². The van der Waals surface area contributed by atoms with Crippen LogP contribution >= 0.6 is 0 Å². The minimum absolute atomic E-state index is 0.598. The Labute approximate surface area is 117 Å². The summed E-state index contributed by atoms with van der Waals surface area (Å²) in [6.45, 7) is 9.16. The summed E-state index contributed by atoms with van der Waals surface area (Å²) in [5, 5.41) is 0. The topological polar surface area (TPSA) is 44.5 Å². The summed E-state index contributed by atoms with van der Waals surface area (Å²) < 4.78 is 11.4. The van der Waals surface area contributed by atoms with Gasteiger partial charge in [0.25, 0.3) is 0 Å². The highest BCUT2D eigenvalue weighted by Gasteiger charge is 2.06. The smallest absolute Gasteiger partial charge is 0.125 e. The Morgan fingerprint density at radius 2 is 1.95 bits per heavy atom. The quantitative estimate of drug-likeness (QED) is 0.698. The molecule has 0 aliphatic rings. The van der Waals surface area contributed by atoms with Crippen LogP contribution in [0.4, 0.5) is 0 Å². The van der Waals surface area contributed by atoms with Gasteiger partial charge in [-0.25, -0.2) is 0 Å². The van der Waals surface area contributed by atoms with Crippen molar-refractivity contribution in [3.63, 3.8) is 0 Å². The van der Waals surface area contributed by atoms with E-state index in [-0.39, 0.29) is 0 Å². The van der Waals surface area contributed by atoms with E-state index < -0.39 is 0 Å². The Hall–Kier alpha value is -1.06. The summed E-state index contributed by atoms with van der Waals surface area (Å²) in [5.74, 6) is 1.66. The van der Waals surface area contributed by atoms with E-state index in [4.69, 9.17) is 15.2 Å². The lowest BCUT2D eigenvalue weighted by atomic mass is 10.1. The van der Waals surface area contributed by atoms with Gasteiger partial charge in [-0.3, -0.25) is 0 Å². The Morgan fingerprint density at radius 3 is 2.63 bits per heavy atom. The number of nitrogens with two attached hydrogens (primary N) is 1. The van der Waals surface area contributed by atoms with Gasteiger partial charge >= 0.3 is 0 Å². The van der Waals surface area contributed by atoms with Crippen molar-refractivity contribution in [3.05, 3.63) is 29.3 Å². The average Bonchev–Trinajstić information content (AvgIpc) is 2.36. The van der Waals surface area contributed by atoms with Crippen molar-refractivity contribution in [2.45, 2.75) is 33.6 Å². The van der Waals surface area contributed by atoms with Crippen LogP contribution in [-0.4, -0.2) is 26.4 Å². The Kier molecular flexibility index (Phi) is 7.53. The summed E-state index contributed by atoms with van der Waals surface area (Å²) in [6.07, 6.45) is 1.95. The number of rotatable bonds is 9. The van der Waals surface area contributed by atoms with Gasteiger partial charge in [0.1, 0.15) is 12.4 Å². The minimum Gasteiger partial charge on any atom is -0.491 e. The van der Waals surface area contributed by atoms with Gasteiger partial charge < -0.3 is 15.2 Å². The molecule has 0 radical (unpaired) electrons. The molecule has 0 heterocycles. The molecule has 0 unspecified atom stereocenters. The molecule has 0 spiro atoms. The maximum absolute atomic E-state index is 5.85. The van der Waals surface area contributed by atoms with E-state index in [0.717, 1.165) is 30.8 Å². The molecule has 3 nitrogen and oxygen atoms in total. The van der Waals surface area contributed by atoms with Crippen molar-refractivity contribution in [1.29, 1.82) is 0 Å². The predicted octanol–water partition coefficient (Wildman–Crippen LogP) is 2.94. The first-order valence-corrected chi connectivity index (χ1v) is 7.14. The van der Waals surface area contributed by atoms with Crippen LogP contribution in [0, 0.1) is 12.8 Å². The van der Waals surface area contributed by atoms with Crippen molar-refractivity contribution >= 4 is 0 Å². The lowest BCUT2D eigenvalue weighted by Gasteiger charge is -2.14. The molecule has 1 aromatic rings. The van der Waals surface area contributed by atoms with E-state index in [0.29, 0.717) is 25.7 Å². The SMILES string of the molecule is Cc1cccc(CCN)c1OCCOCCC(C)C. The molecule has 19 heavy (non-hydrogen) atoms. The monoisotopic (exact) mass is 265 g/mol. The van der Waals surface area contributed by atoms with Gasteiger partial charge in [0.05, 0.1) is 6.61 Å². The van der Waals surface area contributed by atoms with Gasteiger partial charge in [0.2, 0.25) is 0 Å². The van der Waals surface area contributed by atoms with Gasteiger partial charge in [-0.1, -0.05) is 32.0 Å². The van der Waals surface area contributed by atoms with Gasteiger partial charge in [-0.15, -0.1) is 0 Å². The van der Waals surface area contributed by atoms with Crippen LogP contribution < -0.4 is 10.5 Å². The zero-order valence-corrected chi connectivity index (χ0v) is 12.4. The molecule has 0 bridgehead atoms. The van der Waals surface area contributed by atoms with Crippen LogP contribution in [0.25, 0.3) is 0 Å². The minimum atomic E-state index is 0.598. The Balaban J connectivity index is 2.36. The first kappa shape index (κ1) is 16.0. The van der Waals surface area contributed by atoms with Crippen molar-refractivity contribution in [1.82, 2.24) is 0 Å². The summed E-state index contributed by atoms with van der Waals surface area (Å²) in [6, 6.07) is 6.19. The standard InChI is InChI=1S/C16H27NO2/c1-13(2)8-10-18-11-12-19-16-14(3)5-4-6-15(16)7-9-17/h4-6,13H,7-12,17H2,1-3H3. The van der Waals surface area contributed by atoms with Crippen molar-refractivity contribution in [2.75, 3.05) is 26.4 Å². The predicted molar refractivity (Wildman–Crippen MR) is 79.7 cm³/mol. The Morgan fingerprint density at radius 1 is 1.16 bits per heavy atom. The summed E-state index contributed by atoms with van der Waals surface area (Å²) in [5.41, 5.74) is 7.97. The van der Waals surface area contributed by atoms with Crippen molar-refractivity contribution in [2.24, 2.45) is 11.7 Å². The first-order chi connectivity index (χ1) is 9.15. The van der Waals surface area contributed by atoms with Crippen LogP contribution in [0.15, 0.2) is 18.2 Å². The number of hydrogen-bond acceptors (Lipinski definition) is 3. The van der Waals surface area contributed by atoms with Crippen molar-refractivity contribution in [3.8, 4) is 5.75 Å². The first-order valence-electron chi connectivity index (χ1n) is 7.14. The molecule has 2 N–H and O–H groups in total. The number of benzene rings is 1. The zero-order valence-electron chi connectivity index (χ0n) is 12.4. The van der Waals surface area contributed by atoms with E-state index in [9.17, 15) is 0 Å². The van der Waals surface area contributed by atoms with E-state index in [1.807, 2.05) is 6.07 Å². The summed E-state index contributed by atoms with van der Waals surface area (Å²) in [7, 11) is 0. The van der Waals surface area contributed by atoms with E-state index in [1.54, 1.807) is 0 Å². The molecular weight excluding hydrogens is 238 g/mol. The number of aryl methyl sites for hydroxylation is 1. The average molecular weight is 265 g/mol. The van der Waals surface area contributed by atoms with Crippen LogP contribution in [0.3, 0.4) is 0 Å². The molecule has 0 aliphatic carbocycles. The lowest BCUT2D eigenvalue weighted by Crippen LogP contribution is -2.11. The molecule has 0 aromatic heterocycles. The molecule has 0 aliphatic heterocycles. The third-order valence-electron chi connectivity index (χ3n) is 3.02. The van der Waals surface area contributed by atoms with Gasteiger partial charge in [-0.2, -0.15) is 0 Å². The van der Waals surface area contributed by atoms with Crippen LogP contribution in [0.1, 0.15) is 31.4 Å². The fourth-order valence-corrected chi connectivity index (χ4v) is 1.90. The maximum atomic E-state index is 5.85. The van der Waals surface area contributed by atoms with Crippen LogP contribution in [-0.2, 0) is 11.2 Å². The molecule has 108 valence electrons. The highest BCUT2D eigenvalue weighted by Crippen LogP contribution is 2.23. The normalized spacial score (nSPS) is 11.0. The van der Waals surface area contributed by atoms with Crippen LogP contribution in [0.2, 0.25) is 0 Å². The molecule has 0 amide bonds. The van der Waals surface area contributed by atoms with E-state index in [2.05, 4.69) is 32.9 Å². The second kappa shape index (κ2) is 8.94. The second-order valence-corrected chi connectivity index (χ2v) is 5.25. The molecule has 3 heteroatoms. The summed E-state index contributed by atoms with van der Waals surface area (Å²) >= 11 is 0. The van der Waals surface area contributed by atoms with E-state index >= 15 is 0 Å². The van der Waals surface area contributed by atoms with Gasteiger partial charge in [0, 0.05) is 6.61 Å². The van der Waals surface area contributed by atoms with Crippen molar-refractivity contribution < 1.29 is 9.47 Å². The summed E-state index contributed by atoms with van der Waals surface area (Å²) in [4.78, 5) is 0. The second-order valence-electron chi connectivity index (χ2n) is 5.25. The number of para-hydroxylation sites is 1. The lowest BCUT2D eigenvalue weighted by molar-refractivity contribution is 0.0921. The number of ether oxygens (including phenoxy) is 2. The van der Waals surface area contributed by atoms with Crippen LogP contribution in [0.5, 0.6) is 5.75 Å². The third kappa shape index (κ3) is 6.08. The highest BCUT2D eigenvalue weighted by atomic mass is 16.5. The number of hydrogen-bond donors (Lipinski definition) is 1. The molecule has 1 aromatic carbocycles. The zero-order chi connectivity index (χ0) is 14.1. The van der Waals surface area contributed by atoms with E-state index in [1.165, 1.54) is 5.56 Å². The molecule has 0 saturated carbocycles. The molecule has 1 rings (SSSR count). The Bertz CT molecular complexity index is 364. The third-order valence-corrected chi connectivity index (χ3v) is 3.02. The molecule has 0 fully saturated rings. The van der Waals surface area contributed by atoms with Gasteiger partial charge in [-0.05, 0) is 43.4 Å². The largest absolute Gasteiger partial charge is 0.491 e. The molecule has 0 atom stereocenters. The molecular formula is C16H27NO2. The highest BCUT2D eigenvalue weighted by molar-refractivity contribution is 5.40.